The van der Waals surface area contributed by atoms with E-state index in [0.717, 1.165) is 11.3 Å². The summed E-state index contributed by atoms with van der Waals surface area (Å²) in [6, 6.07) is 16.7. The Morgan fingerprint density at radius 1 is 0.875 bits per heavy atom. The third kappa shape index (κ3) is 3.66. The van der Waals surface area contributed by atoms with Gasteiger partial charge in [-0.1, -0.05) is 30.3 Å². The molecular formula is C13H12INO. The Morgan fingerprint density at radius 2 is 1.50 bits per heavy atom. The Bertz CT molecular complexity index is 451. The molecule has 0 aromatic heterocycles. The zero-order chi connectivity index (χ0) is 10.5. The van der Waals surface area contributed by atoms with Crippen molar-refractivity contribution in [3.8, 4) is 5.75 Å². The van der Waals surface area contributed by atoms with Gasteiger partial charge in [-0.3, -0.25) is 4.99 Å². The molecule has 16 heavy (non-hydrogen) atoms. The van der Waals surface area contributed by atoms with Gasteiger partial charge in [0, 0.05) is 6.21 Å². The molecular weight excluding hydrogens is 313 g/mol. The number of halogens is 1. The minimum Gasteiger partial charge on any atom is -0.508 e. The molecule has 0 unspecified atom stereocenters. The van der Waals surface area contributed by atoms with Gasteiger partial charge in [-0.25, -0.2) is 0 Å². The van der Waals surface area contributed by atoms with E-state index in [1.807, 2.05) is 30.3 Å². The first-order chi connectivity index (χ1) is 7.34. The number of hydrogen-bond acceptors (Lipinski definition) is 2. The predicted molar refractivity (Wildman–Crippen MR) is 77.2 cm³/mol. The normalized spacial score (nSPS) is 10.0. The van der Waals surface area contributed by atoms with Crippen LogP contribution in [0.5, 0.6) is 5.75 Å². The summed E-state index contributed by atoms with van der Waals surface area (Å²) < 4.78 is 0. The minimum absolute atomic E-state index is 0. The monoisotopic (exact) mass is 325 g/mol. The van der Waals surface area contributed by atoms with Crippen LogP contribution >= 0.6 is 24.0 Å². The molecule has 0 amide bonds. The van der Waals surface area contributed by atoms with Crippen molar-refractivity contribution in [1.29, 1.82) is 0 Å². The smallest absolute Gasteiger partial charge is 0.115 e. The highest BCUT2D eigenvalue weighted by atomic mass is 127. The highest BCUT2D eigenvalue weighted by molar-refractivity contribution is 14.0. The van der Waals surface area contributed by atoms with Crippen LogP contribution < -0.4 is 0 Å². The fourth-order valence-corrected chi connectivity index (χ4v) is 1.23. The van der Waals surface area contributed by atoms with E-state index in [4.69, 9.17) is 5.11 Å². The third-order valence-corrected chi connectivity index (χ3v) is 2.01. The molecule has 0 aliphatic carbocycles. The zero-order valence-corrected chi connectivity index (χ0v) is 10.9. The molecule has 0 aliphatic rings. The van der Waals surface area contributed by atoms with Crippen molar-refractivity contribution in [2.24, 2.45) is 4.99 Å². The summed E-state index contributed by atoms with van der Waals surface area (Å²) in [5.74, 6) is 0.258. The van der Waals surface area contributed by atoms with Gasteiger partial charge >= 0.3 is 0 Å². The van der Waals surface area contributed by atoms with Gasteiger partial charge in [-0.2, -0.15) is 0 Å². The molecule has 1 N–H and O–H groups in total. The van der Waals surface area contributed by atoms with Gasteiger partial charge < -0.3 is 5.11 Å². The lowest BCUT2D eigenvalue weighted by molar-refractivity contribution is 0.475. The van der Waals surface area contributed by atoms with Crippen molar-refractivity contribution in [3.63, 3.8) is 0 Å². The molecule has 0 saturated carbocycles. The molecule has 0 heterocycles. The van der Waals surface area contributed by atoms with Crippen molar-refractivity contribution in [1.82, 2.24) is 0 Å². The topological polar surface area (TPSA) is 32.6 Å². The van der Waals surface area contributed by atoms with Gasteiger partial charge in [0.15, 0.2) is 0 Å². The molecule has 82 valence electrons. The number of phenols is 1. The zero-order valence-electron chi connectivity index (χ0n) is 8.58. The lowest BCUT2D eigenvalue weighted by Gasteiger charge is -1.94. The molecule has 2 aromatic rings. The van der Waals surface area contributed by atoms with Gasteiger partial charge in [-0.15, -0.1) is 24.0 Å². The molecule has 2 aromatic carbocycles. The summed E-state index contributed by atoms with van der Waals surface area (Å²) in [6.45, 7) is 0. The van der Waals surface area contributed by atoms with E-state index in [2.05, 4.69) is 4.99 Å². The molecule has 0 saturated heterocycles. The number of aliphatic imine (C=N–C) groups is 1. The van der Waals surface area contributed by atoms with E-state index < -0.39 is 0 Å². The maximum atomic E-state index is 9.09. The van der Waals surface area contributed by atoms with Crippen LogP contribution in [0.3, 0.4) is 0 Å². The minimum atomic E-state index is 0. The van der Waals surface area contributed by atoms with Crippen molar-refractivity contribution in [2.75, 3.05) is 0 Å². The Balaban J connectivity index is 0.00000128. The summed E-state index contributed by atoms with van der Waals surface area (Å²) in [6.07, 6.45) is 1.80. The maximum absolute atomic E-state index is 9.09. The first kappa shape index (κ1) is 12.7. The summed E-state index contributed by atoms with van der Waals surface area (Å²) in [4.78, 5) is 4.28. The fourth-order valence-electron chi connectivity index (χ4n) is 1.23. The first-order valence-corrected chi connectivity index (χ1v) is 4.73. The van der Waals surface area contributed by atoms with Crippen molar-refractivity contribution in [3.05, 3.63) is 60.2 Å². The number of rotatable bonds is 2. The van der Waals surface area contributed by atoms with Gasteiger partial charge in [-0.05, 0) is 29.8 Å². The van der Waals surface area contributed by atoms with Crippen LogP contribution in [0.1, 0.15) is 5.56 Å². The van der Waals surface area contributed by atoms with E-state index in [0.29, 0.717) is 0 Å². The molecule has 2 rings (SSSR count). The molecule has 2 nitrogen and oxygen atoms in total. The highest BCUT2D eigenvalue weighted by Crippen LogP contribution is 2.16. The number of phenolic OH excluding ortho intramolecular Hbond substituents is 1. The van der Waals surface area contributed by atoms with E-state index in [1.54, 1.807) is 30.5 Å². The Morgan fingerprint density at radius 3 is 2.12 bits per heavy atom. The number of nitrogens with zero attached hydrogens (tertiary/aromatic N) is 1. The van der Waals surface area contributed by atoms with Gasteiger partial charge in [0.2, 0.25) is 0 Å². The molecule has 0 spiro atoms. The Hall–Kier alpha value is -1.36. The Kier molecular flexibility index (Phi) is 4.98. The molecule has 0 aliphatic heterocycles. The maximum Gasteiger partial charge on any atom is 0.115 e. The fraction of sp³-hybridized carbons (Fsp3) is 0. The summed E-state index contributed by atoms with van der Waals surface area (Å²) in [5, 5.41) is 9.09. The summed E-state index contributed by atoms with van der Waals surface area (Å²) in [5.41, 5.74) is 1.89. The Labute approximate surface area is 112 Å². The summed E-state index contributed by atoms with van der Waals surface area (Å²) in [7, 11) is 0. The van der Waals surface area contributed by atoms with Crippen LogP contribution in [0.25, 0.3) is 0 Å². The molecule has 0 atom stereocenters. The van der Waals surface area contributed by atoms with Gasteiger partial charge in [0.1, 0.15) is 5.75 Å². The van der Waals surface area contributed by atoms with Gasteiger partial charge in [0.25, 0.3) is 0 Å². The molecule has 3 heteroatoms. The summed E-state index contributed by atoms with van der Waals surface area (Å²) >= 11 is 0. The predicted octanol–water partition coefficient (Wildman–Crippen LogP) is 3.76. The number of benzene rings is 2. The SMILES string of the molecule is I.Oc1ccc(N=Cc2ccccc2)cc1. The van der Waals surface area contributed by atoms with E-state index in [1.165, 1.54) is 0 Å². The van der Waals surface area contributed by atoms with Crippen molar-refractivity contribution >= 4 is 35.9 Å². The second-order valence-electron chi connectivity index (χ2n) is 3.19. The van der Waals surface area contributed by atoms with Gasteiger partial charge in [0.05, 0.1) is 5.69 Å². The quantitative estimate of drug-likeness (QED) is 0.662. The van der Waals surface area contributed by atoms with Crippen LogP contribution in [-0.2, 0) is 0 Å². The van der Waals surface area contributed by atoms with Crippen LogP contribution in [-0.4, -0.2) is 11.3 Å². The van der Waals surface area contributed by atoms with E-state index in [9.17, 15) is 0 Å². The number of aromatic hydroxyl groups is 1. The number of hydrogen-bond donors (Lipinski definition) is 1. The average molecular weight is 325 g/mol. The van der Waals surface area contributed by atoms with Crippen LogP contribution in [0.15, 0.2) is 59.6 Å². The lowest BCUT2D eigenvalue weighted by atomic mass is 10.2. The standard InChI is InChI=1S/C13H11NO.HI/c15-13-8-6-12(7-9-13)14-10-11-4-2-1-3-5-11;/h1-10,15H;1H. The third-order valence-electron chi connectivity index (χ3n) is 2.01. The molecule has 0 bridgehead atoms. The van der Waals surface area contributed by atoms with E-state index in [-0.39, 0.29) is 29.7 Å². The van der Waals surface area contributed by atoms with Crippen molar-refractivity contribution < 1.29 is 5.11 Å². The van der Waals surface area contributed by atoms with Crippen LogP contribution in [0, 0.1) is 0 Å². The van der Waals surface area contributed by atoms with Crippen molar-refractivity contribution in [2.45, 2.75) is 0 Å². The lowest BCUT2D eigenvalue weighted by Crippen LogP contribution is -1.77. The highest BCUT2D eigenvalue weighted by Gasteiger charge is 1.89. The van der Waals surface area contributed by atoms with Crippen LogP contribution in [0.4, 0.5) is 5.69 Å². The second kappa shape index (κ2) is 6.27. The first-order valence-electron chi connectivity index (χ1n) is 4.73. The van der Waals surface area contributed by atoms with E-state index >= 15 is 0 Å². The molecule has 0 radical (unpaired) electrons. The average Bonchev–Trinajstić information content (AvgIpc) is 2.30. The van der Waals surface area contributed by atoms with Crippen LogP contribution in [0.2, 0.25) is 0 Å². The largest absolute Gasteiger partial charge is 0.508 e. The molecule has 0 fully saturated rings. The second-order valence-corrected chi connectivity index (χ2v) is 3.19.